The summed E-state index contributed by atoms with van der Waals surface area (Å²) in [7, 11) is 0. The van der Waals surface area contributed by atoms with Crippen LogP contribution in [-0.2, 0) is 16.9 Å². The van der Waals surface area contributed by atoms with Crippen LogP contribution in [0.2, 0.25) is 5.02 Å². The molecular formula is C21H21ClFN3OS. The average molecular weight is 418 g/mol. The Morgan fingerprint density at radius 2 is 1.96 bits per heavy atom. The molecule has 3 aromatic rings. The molecule has 2 heterocycles. The van der Waals surface area contributed by atoms with Crippen LogP contribution in [0, 0.1) is 11.7 Å². The largest absolute Gasteiger partial charge is 0.354 e. The number of nitrogens with zero attached hydrogens (tertiary/aromatic N) is 3. The molecule has 1 aliphatic heterocycles. The van der Waals surface area contributed by atoms with Crippen LogP contribution in [-0.4, -0.2) is 20.5 Å². The topological polar surface area (TPSA) is 43.2 Å². The van der Waals surface area contributed by atoms with Crippen molar-refractivity contribution in [2.45, 2.75) is 37.3 Å². The lowest BCUT2D eigenvalue weighted by Crippen LogP contribution is -2.21. The Labute approximate surface area is 173 Å². The normalized spacial score (nSPS) is 21.2. The molecule has 0 N–H and O–H groups in total. The predicted octanol–water partition coefficient (Wildman–Crippen LogP) is 5.49. The summed E-state index contributed by atoms with van der Waals surface area (Å²) in [6, 6.07) is 14.1. The maximum Gasteiger partial charge on any atom is 0.186 e. The average Bonchev–Trinajstić information content (AvgIpc) is 3.22. The molecule has 1 fully saturated rings. The highest BCUT2D eigenvalue weighted by Crippen LogP contribution is 2.59. The van der Waals surface area contributed by atoms with Crippen LogP contribution < -0.4 is 0 Å². The zero-order valence-electron chi connectivity index (χ0n) is 15.7. The maximum atomic E-state index is 13.5. The van der Waals surface area contributed by atoms with Gasteiger partial charge >= 0.3 is 0 Å². The Bertz CT molecular complexity index is 962. The van der Waals surface area contributed by atoms with Crippen LogP contribution in [0.5, 0.6) is 0 Å². The highest BCUT2D eigenvalue weighted by atomic mass is 35.5. The van der Waals surface area contributed by atoms with Crippen molar-refractivity contribution in [2.75, 3.05) is 5.75 Å². The van der Waals surface area contributed by atoms with Crippen molar-refractivity contribution >= 4 is 23.4 Å². The summed E-state index contributed by atoms with van der Waals surface area (Å²) in [5.74, 6) is 1.23. The lowest BCUT2D eigenvalue weighted by Gasteiger charge is -2.16. The van der Waals surface area contributed by atoms with Gasteiger partial charge in [-0.25, -0.2) is 14.1 Å². The zero-order valence-corrected chi connectivity index (χ0v) is 17.3. The number of hydrogen-bond donors (Lipinski definition) is 0. The molecule has 1 aromatic heterocycles. The van der Waals surface area contributed by atoms with E-state index >= 15 is 0 Å². The van der Waals surface area contributed by atoms with Crippen molar-refractivity contribution in [3.8, 4) is 0 Å². The van der Waals surface area contributed by atoms with Crippen molar-refractivity contribution in [3.63, 3.8) is 0 Å². The van der Waals surface area contributed by atoms with E-state index in [9.17, 15) is 4.39 Å². The molecule has 2 aromatic carbocycles. The Hall–Kier alpha value is -1.89. The maximum absolute atomic E-state index is 13.5. The van der Waals surface area contributed by atoms with Gasteiger partial charge in [0, 0.05) is 16.3 Å². The number of ether oxygens (including phenoxy) is 1. The summed E-state index contributed by atoms with van der Waals surface area (Å²) >= 11 is 8.09. The summed E-state index contributed by atoms with van der Waals surface area (Å²) in [5.41, 5.74) is 1.17. The van der Waals surface area contributed by atoms with E-state index < -0.39 is 5.60 Å². The van der Waals surface area contributed by atoms with E-state index in [4.69, 9.17) is 16.3 Å². The molecule has 28 heavy (non-hydrogen) atoms. The Balaban J connectivity index is 1.67. The smallest absolute Gasteiger partial charge is 0.186 e. The quantitative estimate of drug-likeness (QED) is 0.377. The minimum Gasteiger partial charge on any atom is -0.354 e. The molecule has 1 saturated heterocycles. The Morgan fingerprint density at radius 3 is 2.68 bits per heavy atom. The molecule has 0 saturated carbocycles. The van der Waals surface area contributed by atoms with E-state index in [-0.39, 0.29) is 11.9 Å². The number of aromatic nitrogens is 3. The van der Waals surface area contributed by atoms with Crippen molar-refractivity contribution in [2.24, 2.45) is 5.92 Å². The highest BCUT2D eigenvalue weighted by molar-refractivity contribution is 7.99. The molecule has 7 heteroatoms. The monoisotopic (exact) mass is 417 g/mol. The van der Waals surface area contributed by atoms with Gasteiger partial charge in [0.15, 0.2) is 5.16 Å². The van der Waals surface area contributed by atoms with Gasteiger partial charge in [0.1, 0.15) is 23.8 Å². The first-order valence-corrected chi connectivity index (χ1v) is 10.5. The fraction of sp³-hybridized carbons (Fsp3) is 0.333. The highest BCUT2D eigenvalue weighted by Gasteiger charge is 2.59. The molecule has 0 unspecified atom stereocenters. The summed E-state index contributed by atoms with van der Waals surface area (Å²) in [4.78, 5) is 4.40. The van der Waals surface area contributed by atoms with Crippen molar-refractivity contribution < 1.29 is 9.13 Å². The van der Waals surface area contributed by atoms with E-state index in [0.29, 0.717) is 17.5 Å². The van der Waals surface area contributed by atoms with Crippen LogP contribution in [0.1, 0.15) is 31.1 Å². The molecule has 0 bridgehead atoms. The third-order valence-electron chi connectivity index (χ3n) is 4.73. The lowest BCUT2D eigenvalue weighted by molar-refractivity contribution is 0.256. The first kappa shape index (κ1) is 19.4. The Kier molecular flexibility index (Phi) is 5.45. The van der Waals surface area contributed by atoms with Gasteiger partial charge in [0.05, 0.1) is 6.54 Å². The number of thioether (sulfide) groups is 1. The molecular weight excluding hydrogens is 397 g/mol. The summed E-state index contributed by atoms with van der Waals surface area (Å²) in [5, 5.41) is 5.92. The van der Waals surface area contributed by atoms with Gasteiger partial charge < -0.3 is 4.74 Å². The number of rotatable bonds is 7. The van der Waals surface area contributed by atoms with Gasteiger partial charge in [-0.15, -0.1) is 0 Å². The van der Waals surface area contributed by atoms with Gasteiger partial charge in [-0.05, 0) is 29.7 Å². The SMILES string of the molecule is CC(C)CSc1ncnn1C[C@]1(c2ccc(F)cc2)O[C@@H]1c1ccccc1Cl. The van der Waals surface area contributed by atoms with E-state index in [2.05, 4.69) is 23.9 Å². The number of benzene rings is 2. The second kappa shape index (κ2) is 7.85. The Morgan fingerprint density at radius 1 is 1.21 bits per heavy atom. The molecule has 4 rings (SSSR count). The van der Waals surface area contributed by atoms with Gasteiger partial charge in [-0.1, -0.05) is 67.5 Å². The fourth-order valence-electron chi connectivity index (χ4n) is 3.28. The van der Waals surface area contributed by atoms with Crippen molar-refractivity contribution in [3.05, 3.63) is 76.8 Å². The minimum absolute atomic E-state index is 0.223. The van der Waals surface area contributed by atoms with Gasteiger partial charge in [-0.2, -0.15) is 5.10 Å². The first-order chi connectivity index (χ1) is 13.5. The predicted molar refractivity (Wildman–Crippen MR) is 109 cm³/mol. The third-order valence-corrected chi connectivity index (χ3v) is 6.48. The second-order valence-electron chi connectivity index (χ2n) is 7.32. The number of epoxide rings is 1. The third kappa shape index (κ3) is 3.81. The summed E-state index contributed by atoms with van der Waals surface area (Å²) in [6.45, 7) is 4.82. The molecule has 4 nitrogen and oxygen atoms in total. The van der Waals surface area contributed by atoms with E-state index in [1.807, 2.05) is 28.9 Å². The molecule has 0 aliphatic carbocycles. The number of halogens is 2. The van der Waals surface area contributed by atoms with E-state index in [1.54, 1.807) is 30.2 Å². The summed E-state index contributed by atoms with van der Waals surface area (Å²) in [6.07, 6.45) is 1.34. The lowest BCUT2D eigenvalue weighted by atomic mass is 9.91. The van der Waals surface area contributed by atoms with E-state index in [0.717, 1.165) is 22.0 Å². The van der Waals surface area contributed by atoms with Gasteiger partial charge in [0.2, 0.25) is 0 Å². The molecule has 0 spiro atoms. The van der Waals surface area contributed by atoms with Crippen LogP contribution in [0.3, 0.4) is 0 Å². The van der Waals surface area contributed by atoms with Crippen molar-refractivity contribution in [1.29, 1.82) is 0 Å². The molecule has 1 aliphatic rings. The van der Waals surface area contributed by atoms with Crippen LogP contribution in [0.4, 0.5) is 4.39 Å². The molecule has 2 atom stereocenters. The zero-order chi connectivity index (χ0) is 19.7. The standard InChI is InChI=1S/C21H21ClFN3OS/c1-14(2)11-28-20-24-13-25-26(20)12-21(15-7-9-16(23)10-8-15)19(27-21)17-5-3-4-6-18(17)22/h3-10,13-14,19H,11-12H2,1-2H3/t19-,21-/m1/s1. The molecule has 146 valence electrons. The fourth-order valence-corrected chi connectivity index (χ4v) is 4.38. The van der Waals surface area contributed by atoms with Crippen molar-refractivity contribution in [1.82, 2.24) is 14.8 Å². The second-order valence-corrected chi connectivity index (χ2v) is 8.72. The van der Waals surface area contributed by atoms with Gasteiger partial charge in [-0.3, -0.25) is 0 Å². The first-order valence-electron chi connectivity index (χ1n) is 9.18. The van der Waals surface area contributed by atoms with Crippen LogP contribution >= 0.6 is 23.4 Å². The summed E-state index contributed by atoms with van der Waals surface area (Å²) < 4.78 is 21.6. The molecule has 0 radical (unpaired) electrons. The van der Waals surface area contributed by atoms with Crippen LogP contribution in [0.15, 0.2) is 60.0 Å². The van der Waals surface area contributed by atoms with Gasteiger partial charge in [0.25, 0.3) is 0 Å². The number of hydrogen-bond acceptors (Lipinski definition) is 4. The van der Waals surface area contributed by atoms with Crippen LogP contribution in [0.25, 0.3) is 0 Å². The van der Waals surface area contributed by atoms with E-state index in [1.165, 1.54) is 12.1 Å². The minimum atomic E-state index is -0.653. The molecule has 0 amide bonds.